The molecule has 0 aromatic heterocycles. The molecule has 0 fully saturated rings. The first kappa shape index (κ1) is 12.5. The third-order valence-corrected chi connectivity index (χ3v) is 2.52. The molecule has 0 heterocycles. The predicted molar refractivity (Wildman–Crippen MR) is 64.3 cm³/mol. The fraction of sp³-hybridized carbons (Fsp3) is 0.462. The van der Waals surface area contributed by atoms with E-state index >= 15 is 0 Å². The van der Waals surface area contributed by atoms with E-state index in [1.165, 1.54) is 0 Å². The minimum Gasteiger partial charge on any atom is -0.494 e. The smallest absolute Gasteiger partial charge is 0.119 e. The molecule has 1 aromatic rings. The first-order chi connectivity index (χ1) is 7.74. The Labute approximate surface area is 97.3 Å². The molecular weight excluding hydrogens is 200 g/mol. The van der Waals surface area contributed by atoms with E-state index in [-0.39, 0.29) is 6.04 Å². The van der Waals surface area contributed by atoms with Crippen LogP contribution < -0.4 is 4.74 Å². The van der Waals surface area contributed by atoms with E-state index in [0.29, 0.717) is 6.61 Å². The molecule has 1 aromatic carbocycles. The predicted octanol–water partition coefficient (Wildman–Crippen LogP) is 2.30. The quantitative estimate of drug-likeness (QED) is 0.687. The lowest BCUT2D eigenvalue weighted by atomic mass is 10.3. The zero-order valence-electron chi connectivity index (χ0n) is 9.89. The van der Waals surface area contributed by atoms with E-state index in [9.17, 15) is 0 Å². The van der Waals surface area contributed by atoms with E-state index < -0.39 is 0 Å². The molecule has 86 valence electrons. The maximum absolute atomic E-state index is 8.72. The van der Waals surface area contributed by atoms with Crippen molar-refractivity contribution in [1.82, 2.24) is 4.90 Å². The van der Waals surface area contributed by atoms with E-state index in [2.05, 4.69) is 6.07 Å². The van der Waals surface area contributed by atoms with Gasteiger partial charge in [0.25, 0.3) is 0 Å². The molecule has 1 unspecified atom stereocenters. The van der Waals surface area contributed by atoms with Crippen molar-refractivity contribution in [2.24, 2.45) is 0 Å². The van der Waals surface area contributed by atoms with Gasteiger partial charge in [0.15, 0.2) is 0 Å². The molecule has 3 heteroatoms. The number of rotatable bonds is 6. The Balaban J connectivity index is 2.16. The van der Waals surface area contributed by atoms with Crippen LogP contribution in [0.15, 0.2) is 30.3 Å². The standard InChI is InChI=1S/C13H18N2O/c1-12(11-14)15(2)9-6-10-16-13-7-4-3-5-8-13/h3-5,7-8,12H,6,9-10H2,1-2H3. The Bertz CT molecular complexity index is 332. The van der Waals surface area contributed by atoms with Crippen LogP contribution in [-0.4, -0.2) is 31.1 Å². The zero-order chi connectivity index (χ0) is 11.8. The Morgan fingerprint density at radius 1 is 1.38 bits per heavy atom. The summed E-state index contributed by atoms with van der Waals surface area (Å²) in [6.07, 6.45) is 0.928. The van der Waals surface area contributed by atoms with Crippen LogP contribution in [0.3, 0.4) is 0 Å². The van der Waals surface area contributed by atoms with E-state index in [0.717, 1.165) is 18.7 Å². The molecule has 0 spiro atoms. The van der Waals surface area contributed by atoms with Crippen LogP contribution >= 0.6 is 0 Å². The van der Waals surface area contributed by atoms with Gasteiger partial charge in [-0.05, 0) is 32.5 Å². The maximum atomic E-state index is 8.72. The van der Waals surface area contributed by atoms with Gasteiger partial charge in [0, 0.05) is 6.54 Å². The summed E-state index contributed by atoms with van der Waals surface area (Å²) >= 11 is 0. The first-order valence-electron chi connectivity index (χ1n) is 5.51. The van der Waals surface area contributed by atoms with Gasteiger partial charge in [-0.3, -0.25) is 4.90 Å². The van der Waals surface area contributed by atoms with Crippen LogP contribution in [0.25, 0.3) is 0 Å². The Kier molecular flexibility index (Phi) is 5.38. The molecule has 0 N–H and O–H groups in total. The van der Waals surface area contributed by atoms with Crippen LogP contribution in [0.1, 0.15) is 13.3 Å². The van der Waals surface area contributed by atoms with Gasteiger partial charge in [0.2, 0.25) is 0 Å². The second kappa shape index (κ2) is 6.86. The number of ether oxygens (including phenoxy) is 1. The molecule has 0 saturated heterocycles. The molecule has 16 heavy (non-hydrogen) atoms. The first-order valence-corrected chi connectivity index (χ1v) is 5.51. The largest absolute Gasteiger partial charge is 0.494 e. The van der Waals surface area contributed by atoms with Gasteiger partial charge in [0.05, 0.1) is 18.7 Å². The number of nitrogens with zero attached hydrogens (tertiary/aromatic N) is 2. The molecule has 0 amide bonds. The highest BCUT2D eigenvalue weighted by molar-refractivity contribution is 5.20. The van der Waals surface area contributed by atoms with Gasteiger partial charge in [-0.2, -0.15) is 5.26 Å². The number of nitriles is 1. The molecule has 0 aliphatic rings. The lowest BCUT2D eigenvalue weighted by molar-refractivity contribution is 0.249. The van der Waals surface area contributed by atoms with Gasteiger partial charge in [-0.1, -0.05) is 18.2 Å². The Hall–Kier alpha value is -1.53. The summed E-state index contributed by atoms with van der Waals surface area (Å²) in [6, 6.07) is 12.0. The normalized spacial score (nSPS) is 12.1. The molecule has 1 atom stereocenters. The maximum Gasteiger partial charge on any atom is 0.119 e. The lowest BCUT2D eigenvalue weighted by Gasteiger charge is -2.18. The number of para-hydroxylation sites is 1. The minimum atomic E-state index is -0.0308. The van der Waals surface area contributed by atoms with Crippen molar-refractivity contribution in [3.63, 3.8) is 0 Å². The van der Waals surface area contributed by atoms with E-state index in [1.807, 2.05) is 49.2 Å². The fourth-order valence-corrected chi connectivity index (χ4v) is 1.31. The molecule has 0 aliphatic heterocycles. The summed E-state index contributed by atoms with van der Waals surface area (Å²) in [4.78, 5) is 2.02. The summed E-state index contributed by atoms with van der Waals surface area (Å²) in [5.74, 6) is 0.901. The molecule has 0 saturated carbocycles. The van der Waals surface area contributed by atoms with Crippen molar-refractivity contribution in [2.45, 2.75) is 19.4 Å². The number of hydrogen-bond donors (Lipinski definition) is 0. The topological polar surface area (TPSA) is 36.3 Å². The van der Waals surface area contributed by atoms with Crippen LogP contribution in [0.5, 0.6) is 5.75 Å². The second-order valence-electron chi connectivity index (χ2n) is 3.80. The molecule has 1 rings (SSSR count). The molecule has 3 nitrogen and oxygen atoms in total. The highest BCUT2D eigenvalue weighted by Gasteiger charge is 2.06. The molecule has 0 aliphatic carbocycles. The zero-order valence-corrected chi connectivity index (χ0v) is 9.89. The summed E-state index contributed by atoms with van der Waals surface area (Å²) in [6.45, 7) is 3.46. The highest BCUT2D eigenvalue weighted by atomic mass is 16.5. The van der Waals surface area contributed by atoms with Gasteiger partial charge < -0.3 is 4.74 Å². The number of hydrogen-bond acceptors (Lipinski definition) is 3. The SMILES string of the molecule is CC(C#N)N(C)CCCOc1ccccc1. The van der Waals surface area contributed by atoms with Gasteiger partial charge in [-0.25, -0.2) is 0 Å². The average Bonchev–Trinajstić information content (AvgIpc) is 2.34. The van der Waals surface area contributed by atoms with Crippen molar-refractivity contribution in [1.29, 1.82) is 5.26 Å². The van der Waals surface area contributed by atoms with Crippen molar-refractivity contribution in [2.75, 3.05) is 20.2 Å². The monoisotopic (exact) mass is 218 g/mol. The third kappa shape index (κ3) is 4.33. The molecular formula is C13H18N2O. The molecule has 0 radical (unpaired) electrons. The van der Waals surface area contributed by atoms with Gasteiger partial charge in [-0.15, -0.1) is 0 Å². The van der Waals surface area contributed by atoms with Gasteiger partial charge >= 0.3 is 0 Å². The minimum absolute atomic E-state index is 0.0308. The van der Waals surface area contributed by atoms with Crippen molar-refractivity contribution in [3.8, 4) is 11.8 Å². The summed E-state index contributed by atoms with van der Waals surface area (Å²) in [5, 5.41) is 8.72. The lowest BCUT2D eigenvalue weighted by Crippen LogP contribution is -2.29. The van der Waals surface area contributed by atoms with Crippen LogP contribution in [-0.2, 0) is 0 Å². The highest BCUT2D eigenvalue weighted by Crippen LogP contribution is 2.08. The summed E-state index contributed by atoms with van der Waals surface area (Å²) in [7, 11) is 1.95. The van der Waals surface area contributed by atoms with E-state index in [4.69, 9.17) is 10.00 Å². The van der Waals surface area contributed by atoms with Crippen LogP contribution in [0.2, 0.25) is 0 Å². The van der Waals surface area contributed by atoms with Crippen molar-refractivity contribution in [3.05, 3.63) is 30.3 Å². The van der Waals surface area contributed by atoms with E-state index in [1.54, 1.807) is 0 Å². The van der Waals surface area contributed by atoms with Crippen molar-refractivity contribution >= 4 is 0 Å². The number of benzene rings is 1. The van der Waals surface area contributed by atoms with Gasteiger partial charge in [0.1, 0.15) is 5.75 Å². The van der Waals surface area contributed by atoms with Crippen LogP contribution in [0.4, 0.5) is 0 Å². The van der Waals surface area contributed by atoms with Crippen LogP contribution in [0, 0.1) is 11.3 Å². The second-order valence-corrected chi connectivity index (χ2v) is 3.80. The van der Waals surface area contributed by atoms with Crippen molar-refractivity contribution < 1.29 is 4.74 Å². The fourth-order valence-electron chi connectivity index (χ4n) is 1.31. The summed E-state index contributed by atoms with van der Waals surface area (Å²) in [5.41, 5.74) is 0. The third-order valence-electron chi connectivity index (χ3n) is 2.52. The Morgan fingerprint density at radius 3 is 2.69 bits per heavy atom. The average molecular weight is 218 g/mol. The Morgan fingerprint density at radius 2 is 2.06 bits per heavy atom. The molecule has 0 bridgehead atoms. The summed E-state index contributed by atoms with van der Waals surface area (Å²) < 4.78 is 5.56.